The third-order valence-corrected chi connectivity index (χ3v) is 3.16. The SMILES string of the molecule is Cc1cncc(C)c1N(CCCN)C1CC1. The highest BCUT2D eigenvalue weighted by molar-refractivity contribution is 5.58. The van der Waals surface area contributed by atoms with Crippen LogP contribution in [0.4, 0.5) is 5.69 Å². The third-order valence-electron chi connectivity index (χ3n) is 3.16. The Kier molecular flexibility index (Phi) is 3.44. The molecule has 0 atom stereocenters. The summed E-state index contributed by atoms with van der Waals surface area (Å²) in [7, 11) is 0. The Balaban J connectivity index is 2.23. The molecule has 1 aliphatic carbocycles. The van der Waals surface area contributed by atoms with Gasteiger partial charge in [0.2, 0.25) is 0 Å². The van der Waals surface area contributed by atoms with Crippen molar-refractivity contribution in [1.29, 1.82) is 0 Å². The lowest BCUT2D eigenvalue weighted by Crippen LogP contribution is -2.29. The molecule has 0 bridgehead atoms. The molecule has 3 heteroatoms. The van der Waals surface area contributed by atoms with Gasteiger partial charge in [0, 0.05) is 30.7 Å². The number of pyridine rings is 1. The van der Waals surface area contributed by atoms with E-state index in [1.54, 1.807) is 0 Å². The van der Waals surface area contributed by atoms with Gasteiger partial charge in [0.1, 0.15) is 0 Å². The van der Waals surface area contributed by atoms with Gasteiger partial charge >= 0.3 is 0 Å². The Morgan fingerprint density at radius 2 is 1.94 bits per heavy atom. The number of nitrogens with two attached hydrogens (primary N) is 1. The Morgan fingerprint density at radius 3 is 2.44 bits per heavy atom. The molecule has 0 spiro atoms. The summed E-state index contributed by atoms with van der Waals surface area (Å²) in [5.41, 5.74) is 9.56. The second kappa shape index (κ2) is 4.83. The number of anilines is 1. The quantitative estimate of drug-likeness (QED) is 0.823. The number of rotatable bonds is 5. The first-order chi connectivity index (χ1) is 7.74. The summed E-state index contributed by atoms with van der Waals surface area (Å²) in [6, 6.07) is 0.742. The lowest BCUT2D eigenvalue weighted by molar-refractivity contribution is 0.727. The molecule has 0 amide bonds. The van der Waals surface area contributed by atoms with Crippen molar-refractivity contribution in [1.82, 2.24) is 4.98 Å². The van der Waals surface area contributed by atoms with Gasteiger partial charge < -0.3 is 10.6 Å². The van der Waals surface area contributed by atoms with Crippen molar-refractivity contribution < 1.29 is 0 Å². The Labute approximate surface area is 97.7 Å². The van der Waals surface area contributed by atoms with Crippen LogP contribution < -0.4 is 10.6 Å². The topological polar surface area (TPSA) is 42.2 Å². The molecule has 1 heterocycles. The van der Waals surface area contributed by atoms with E-state index in [1.165, 1.54) is 29.7 Å². The highest BCUT2D eigenvalue weighted by Gasteiger charge is 2.30. The zero-order valence-electron chi connectivity index (χ0n) is 10.2. The molecule has 1 aromatic rings. The van der Waals surface area contributed by atoms with Crippen molar-refractivity contribution in [2.75, 3.05) is 18.0 Å². The average Bonchev–Trinajstić information content (AvgIpc) is 3.06. The molecular formula is C13H21N3. The van der Waals surface area contributed by atoms with Crippen molar-refractivity contribution in [3.05, 3.63) is 23.5 Å². The van der Waals surface area contributed by atoms with Crippen LogP contribution in [-0.2, 0) is 0 Å². The standard InChI is InChI=1S/C13H21N3/c1-10-8-15-9-11(2)13(10)16(7-3-6-14)12-4-5-12/h8-9,12H,3-7,14H2,1-2H3. The summed E-state index contributed by atoms with van der Waals surface area (Å²) >= 11 is 0. The molecule has 0 aliphatic heterocycles. The minimum atomic E-state index is 0.742. The van der Waals surface area contributed by atoms with Gasteiger partial charge in [0.05, 0.1) is 0 Å². The number of aromatic nitrogens is 1. The van der Waals surface area contributed by atoms with Crippen LogP contribution in [0.1, 0.15) is 30.4 Å². The number of nitrogens with zero attached hydrogens (tertiary/aromatic N) is 2. The maximum absolute atomic E-state index is 5.61. The number of hydrogen-bond donors (Lipinski definition) is 1. The van der Waals surface area contributed by atoms with Crippen LogP contribution in [0.25, 0.3) is 0 Å². The normalized spacial score (nSPS) is 15.2. The zero-order chi connectivity index (χ0) is 11.5. The third kappa shape index (κ3) is 2.35. The fraction of sp³-hybridized carbons (Fsp3) is 0.615. The second-order valence-electron chi connectivity index (χ2n) is 4.69. The molecule has 1 fully saturated rings. The lowest BCUT2D eigenvalue weighted by Gasteiger charge is -2.27. The summed E-state index contributed by atoms with van der Waals surface area (Å²) in [4.78, 5) is 6.76. The fourth-order valence-corrected chi connectivity index (χ4v) is 2.27. The summed E-state index contributed by atoms with van der Waals surface area (Å²) < 4.78 is 0. The molecule has 0 unspecified atom stereocenters. The van der Waals surface area contributed by atoms with Gasteiger partial charge in [-0.3, -0.25) is 4.98 Å². The van der Waals surface area contributed by atoms with Crippen molar-refractivity contribution >= 4 is 5.69 Å². The van der Waals surface area contributed by atoms with Gasteiger partial charge in [-0.05, 0) is 50.8 Å². The van der Waals surface area contributed by atoms with E-state index in [1.807, 2.05) is 12.4 Å². The van der Waals surface area contributed by atoms with Gasteiger partial charge in [0.15, 0.2) is 0 Å². The molecule has 1 saturated carbocycles. The second-order valence-corrected chi connectivity index (χ2v) is 4.69. The van der Waals surface area contributed by atoms with Crippen LogP contribution in [0.5, 0.6) is 0 Å². The van der Waals surface area contributed by atoms with Gasteiger partial charge in [-0.15, -0.1) is 0 Å². The Hall–Kier alpha value is -1.09. The zero-order valence-corrected chi connectivity index (χ0v) is 10.2. The average molecular weight is 219 g/mol. The molecule has 1 aliphatic rings. The van der Waals surface area contributed by atoms with Crippen molar-refractivity contribution in [2.24, 2.45) is 5.73 Å². The minimum Gasteiger partial charge on any atom is -0.368 e. The van der Waals surface area contributed by atoms with Crippen molar-refractivity contribution in [2.45, 2.75) is 39.2 Å². The molecule has 0 aromatic carbocycles. The van der Waals surface area contributed by atoms with Gasteiger partial charge in [0.25, 0.3) is 0 Å². The first-order valence-corrected chi connectivity index (χ1v) is 6.12. The Morgan fingerprint density at radius 1 is 1.31 bits per heavy atom. The minimum absolute atomic E-state index is 0.742. The van der Waals surface area contributed by atoms with E-state index in [2.05, 4.69) is 23.7 Å². The maximum Gasteiger partial charge on any atom is 0.0459 e. The lowest BCUT2D eigenvalue weighted by atomic mass is 10.1. The smallest absolute Gasteiger partial charge is 0.0459 e. The molecule has 2 rings (SSSR count). The fourth-order valence-electron chi connectivity index (χ4n) is 2.27. The Bertz CT molecular complexity index is 338. The highest BCUT2D eigenvalue weighted by Crippen LogP contribution is 2.34. The van der Waals surface area contributed by atoms with Crippen molar-refractivity contribution in [3.8, 4) is 0 Å². The predicted molar refractivity (Wildman–Crippen MR) is 67.8 cm³/mol. The van der Waals surface area contributed by atoms with E-state index in [-0.39, 0.29) is 0 Å². The monoisotopic (exact) mass is 219 g/mol. The van der Waals surface area contributed by atoms with E-state index in [9.17, 15) is 0 Å². The van der Waals surface area contributed by atoms with Crippen molar-refractivity contribution in [3.63, 3.8) is 0 Å². The van der Waals surface area contributed by atoms with E-state index in [4.69, 9.17) is 5.73 Å². The molecule has 2 N–H and O–H groups in total. The summed E-state index contributed by atoms with van der Waals surface area (Å²) in [5.74, 6) is 0. The van der Waals surface area contributed by atoms with E-state index >= 15 is 0 Å². The largest absolute Gasteiger partial charge is 0.368 e. The molecular weight excluding hydrogens is 198 g/mol. The molecule has 16 heavy (non-hydrogen) atoms. The maximum atomic E-state index is 5.61. The molecule has 0 saturated heterocycles. The molecule has 1 aromatic heterocycles. The van der Waals surface area contributed by atoms with E-state index in [0.717, 1.165) is 25.6 Å². The van der Waals surface area contributed by atoms with Gasteiger partial charge in [-0.25, -0.2) is 0 Å². The highest BCUT2D eigenvalue weighted by atomic mass is 15.2. The molecule has 0 radical (unpaired) electrons. The molecule has 3 nitrogen and oxygen atoms in total. The predicted octanol–water partition coefficient (Wildman–Crippen LogP) is 2.02. The van der Waals surface area contributed by atoms with Crippen LogP contribution in [0.2, 0.25) is 0 Å². The summed E-state index contributed by atoms with van der Waals surface area (Å²) in [5, 5.41) is 0. The summed E-state index contributed by atoms with van der Waals surface area (Å²) in [6.07, 6.45) is 7.63. The van der Waals surface area contributed by atoms with Crippen LogP contribution in [-0.4, -0.2) is 24.1 Å². The first kappa shape index (κ1) is 11.4. The van der Waals surface area contributed by atoms with Crippen LogP contribution >= 0.6 is 0 Å². The van der Waals surface area contributed by atoms with Crippen LogP contribution in [0.3, 0.4) is 0 Å². The van der Waals surface area contributed by atoms with Crippen LogP contribution in [0, 0.1) is 13.8 Å². The van der Waals surface area contributed by atoms with Gasteiger partial charge in [-0.1, -0.05) is 0 Å². The first-order valence-electron chi connectivity index (χ1n) is 6.12. The van der Waals surface area contributed by atoms with Gasteiger partial charge in [-0.2, -0.15) is 0 Å². The number of hydrogen-bond acceptors (Lipinski definition) is 3. The van der Waals surface area contributed by atoms with Crippen LogP contribution in [0.15, 0.2) is 12.4 Å². The number of aryl methyl sites for hydroxylation is 2. The summed E-state index contributed by atoms with van der Waals surface area (Å²) in [6.45, 7) is 6.14. The van der Waals surface area contributed by atoms with E-state index in [0.29, 0.717) is 0 Å². The van der Waals surface area contributed by atoms with E-state index < -0.39 is 0 Å². The molecule has 88 valence electrons.